The van der Waals surface area contributed by atoms with Gasteiger partial charge in [0.05, 0.1) is 6.20 Å². The quantitative estimate of drug-likeness (QED) is 0.842. The van der Waals surface area contributed by atoms with E-state index in [0.29, 0.717) is 17.7 Å². The Morgan fingerprint density at radius 3 is 2.95 bits per heavy atom. The van der Waals surface area contributed by atoms with Crippen LogP contribution in [0.5, 0.6) is 0 Å². The van der Waals surface area contributed by atoms with E-state index in [1.54, 1.807) is 0 Å². The smallest absolute Gasteiger partial charge is 0.329 e. The molecule has 7 heteroatoms. The van der Waals surface area contributed by atoms with E-state index in [-0.39, 0.29) is 6.10 Å². The van der Waals surface area contributed by atoms with E-state index in [2.05, 4.69) is 10.3 Å². The Morgan fingerprint density at radius 2 is 2.38 bits per heavy atom. The number of carbonyl (C=O) groups is 2. The first-order valence-electron chi connectivity index (χ1n) is 7.09. The fraction of sp³-hybridized carbons (Fsp3) is 0.643. The third kappa shape index (κ3) is 3.59. The second-order valence-corrected chi connectivity index (χ2v) is 6.47. The van der Waals surface area contributed by atoms with Crippen LogP contribution in [0.2, 0.25) is 0 Å². The van der Waals surface area contributed by atoms with Gasteiger partial charge in [0.15, 0.2) is 0 Å². The third-order valence-electron chi connectivity index (χ3n) is 3.56. The van der Waals surface area contributed by atoms with Crippen LogP contribution in [0, 0.1) is 0 Å². The molecule has 0 aromatic carbocycles. The summed E-state index contributed by atoms with van der Waals surface area (Å²) in [5.74, 6) is -1.42. The zero-order valence-corrected chi connectivity index (χ0v) is 13.0. The first-order chi connectivity index (χ1) is 9.96. The van der Waals surface area contributed by atoms with Crippen molar-refractivity contribution in [3.8, 4) is 0 Å². The van der Waals surface area contributed by atoms with Gasteiger partial charge < -0.3 is 15.2 Å². The summed E-state index contributed by atoms with van der Waals surface area (Å²) >= 11 is 1.27. The Balaban J connectivity index is 2.07. The normalized spacial score (nSPS) is 21.0. The molecule has 1 aromatic heterocycles. The molecule has 1 amide bonds. The summed E-state index contributed by atoms with van der Waals surface area (Å²) in [4.78, 5) is 28.2. The van der Waals surface area contributed by atoms with Gasteiger partial charge in [-0.2, -0.15) is 0 Å². The van der Waals surface area contributed by atoms with Gasteiger partial charge in [0.2, 0.25) is 0 Å². The molecule has 116 valence electrons. The number of carbonyl (C=O) groups excluding carboxylic acids is 1. The van der Waals surface area contributed by atoms with Crippen molar-refractivity contribution in [2.45, 2.75) is 51.2 Å². The van der Waals surface area contributed by atoms with E-state index in [1.807, 2.05) is 6.92 Å². The lowest BCUT2D eigenvalue weighted by atomic mass is 9.96. The van der Waals surface area contributed by atoms with Crippen LogP contribution in [0.25, 0.3) is 0 Å². The van der Waals surface area contributed by atoms with Crippen LogP contribution in [-0.4, -0.2) is 34.1 Å². The van der Waals surface area contributed by atoms with E-state index in [0.717, 1.165) is 24.5 Å². The van der Waals surface area contributed by atoms with E-state index >= 15 is 0 Å². The molecule has 1 aliphatic rings. The molecule has 21 heavy (non-hydrogen) atoms. The number of nitrogens with zero attached hydrogens (tertiary/aromatic N) is 1. The molecule has 1 aromatic rings. The molecule has 0 bridgehead atoms. The molecule has 2 N–H and O–H groups in total. The topological polar surface area (TPSA) is 88.5 Å². The van der Waals surface area contributed by atoms with Crippen LogP contribution >= 0.6 is 11.3 Å². The van der Waals surface area contributed by atoms with Gasteiger partial charge >= 0.3 is 5.97 Å². The lowest BCUT2D eigenvalue weighted by Crippen LogP contribution is -2.51. The number of aliphatic carboxylic acids is 1. The molecule has 1 aliphatic heterocycles. The fourth-order valence-electron chi connectivity index (χ4n) is 2.35. The number of carboxylic acid groups (broad SMARTS) is 1. The molecule has 0 spiro atoms. The predicted octanol–water partition coefficient (Wildman–Crippen LogP) is 2.37. The number of hydrogen-bond acceptors (Lipinski definition) is 5. The van der Waals surface area contributed by atoms with Crippen molar-refractivity contribution in [2.24, 2.45) is 0 Å². The average Bonchev–Trinajstić information content (AvgIpc) is 3.09. The van der Waals surface area contributed by atoms with Gasteiger partial charge in [-0.3, -0.25) is 4.79 Å². The largest absolute Gasteiger partial charge is 0.480 e. The molecule has 1 saturated heterocycles. The number of amides is 1. The number of nitrogens with one attached hydrogen (secondary N) is 1. The van der Waals surface area contributed by atoms with Gasteiger partial charge in [0.25, 0.3) is 5.91 Å². The number of rotatable bonds is 6. The minimum Gasteiger partial charge on any atom is -0.480 e. The van der Waals surface area contributed by atoms with Crippen LogP contribution in [0.4, 0.5) is 0 Å². The molecule has 0 aliphatic carbocycles. The molecule has 2 heterocycles. The first kappa shape index (κ1) is 15.9. The number of carboxylic acids is 1. The monoisotopic (exact) mass is 312 g/mol. The summed E-state index contributed by atoms with van der Waals surface area (Å²) in [7, 11) is 0. The molecular weight excluding hydrogens is 292 g/mol. The number of hydrogen-bond donors (Lipinski definition) is 2. The molecule has 0 saturated carbocycles. The predicted molar refractivity (Wildman–Crippen MR) is 78.5 cm³/mol. The van der Waals surface area contributed by atoms with Crippen molar-refractivity contribution in [3.05, 3.63) is 16.1 Å². The molecule has 2 atom stereocenters. The molecular formula is C14H20N2O4S. The van der Waals surface area contributed by atoms with Crippen LogP contribution in [0.15, 0.2) is 6.20 Å². The Hall–Kier alpha value is -1.47. The lowest BCUT2D eigenvalue weighted by Gasteiger charge is -2.25. The molecule has 2 rings (SSSR count). The zero-order chi connectivity index (χ0) is 15.5. The minimum absolute atomic E-state index is 0.0296. The maximum absolute atomic E-state index is 12.2. The zero-order valence-electron chi connectivity index (χ0n) is 12.2. The summed E-state index contributed by atoms with van der Waals surface area (Å²) in [6.45, 7) is 4.13. The molecule has 2 unspecified atom stereocenters. The van der Waals surface area contributed by atoms with Crippen LogP contribution < -0.4 is 5.32 Å². The summed E-state index contributed by atoms with van der Waals surface area (Å²) < 4.78 is 5.53. The standard InChI is InChI=1S/C14H20N2O4S/c1-3-6-14(2,13(18)19)16-11(17)10-8-15-12(21-10)9-5-4-7-20-9/h8-9H,3-7H2,1-2H3,(H,16,17)(H,18,19). The van der Waals surface area contributed by atoms with Crippen molar-refractivity contribution in [2.75, 3.05) is 6.61 Å². The van der Waals surface area contributed by atoms with Gasteiger partial charge in [0.1, 0.15) is 21.5 Å². The van der Waals surface area contributed by atoms with Crippen molar-refractivity contribution in [1.82, 2.24) is 10.3 Å². The maximum Gasteiger partial charge on any atom is 0.329 e. The van der Waals surface area contributed by atoms with Gasteiger partial charge in [-0.15, -0.1) is 11.3 Å². The third-order valence-corrected chi connectivity index (χ3v) is 4.65. The summed E-state index contributed by atoms with van der Waals surface area (Å²) in [5, 5.41) is 12.7. The highest BCUT2D eigenvalue weighted by Gasteiger charge is 2.34. The SMILES string of the molecule is CCCC(C)(NC(=O)c1cnc(C2CCCO2)s1)C(=O)O. The van der Waals surface area contributed by atoms with Crippen molar-refractivity contribution < 1.29 is 19.4 Å². The van der Waals surface area contributed by atoms with Crippen LogP contribution in [0.3, 0.4) is 0 Å². The summed E-state index contributed by atoms with van der Waals surface area (Å²) in [5.41, 5.74) is -1.25. The molecule has 0 radical (unpaired) electrons. The Morgan fingerprint density at radius 1 is 1.62 bits per heavy atom. The van der Waals surface area contributed by atoms with E-state index in [9.17, 15) is 14.7 Å². The average molecular weight is 312 g/mol. The highest BCUT2D eigenvalue weighted by atomic mass is 32.1. The lowest BCUT2D eigenvalue weighted by molar-refractivity contribution is -0.144. The maximum atomic E-state index is 12.2. The summed E-state index contributed by atoms with van der Waals surface area (Å²) in [6, 6.07) is 0. The van der Waals surface area contributed by atoms with E-state index < -0.39 is 17.4 Å². The second-order valence-electron chi connectivity index (χ2n) is 5.41. The number of ether oxygens (including phenoxy) is 1. The van der Waals surface area contributed by atoms with Gasteiger partial charge in [0, 0.05) is 6.61 Å². The van der Waals surface area contributed by atoms with Gasteiger partial charge in [-0.05, 0) is 26.2 Å². The first-order valence-corrected chi connectivity index (χ1v) is 7.91. The fourth-order valence-corrected chi connectivity index (χ4v) is 3.25. The van der Waals surface area contributed by atoms with Crippen LogP contribution in [-0.2, 0) is 9.53 Å². The summed E-state index contributed by atoms with van der Waals surface area (Å²) in [6.07, 6.45) is 4.43. The Labute approximate surface area is 127 Å². The highest BCUT2D eigenvalue weighted by Crippen LogP contribution is 2.31. The second kappa shape index (κ2) is 6.53. The Bertz CT molecular complexity index is 525. The number of thiazole rings is 1. The van der Waals surface area contributed by atoms with Gasteiger partial charge in [-0.25, -0.2) is 9.78 Å². The Kier molecular flexibility index (Phi) is 4.95. The number of aromatic nitrogens is 1. The highest BCUT2D eigenvalue weighted by molar-refractivity contribution is 7.13. The van der Waals surface area contributed by atoms with E-state index in [4.69, 9.17) is 4.74 Å². The van der Waals surface area contributed by atoms with Crippen molar-refractivity contribution in [3.63, 3.8) is 0 Å². The van der Waals surface area contributed by atoms with Crippen molar-refractivity contribution >= 4 is 23.2 Å². The minimum atomic E-state index is -1.25. The molecule has 6 nitrogen and oxygen atoms in total. The van der Waals surface area contributed by atoms with E-state index in [1.165, 1.54) is 24.5 Å². The molecule has 1 fully saturated rings. The van der Waals surface area contributed by atoms with Crippen molar-refractivity contribution in [1.29, 1.82) is 0 Å². The van der Waals surface area contributed by atoms with Crippen LogP contribution in [0.1, 0.15) is 60.3 Å². The van der Waals surface area contributed by atoms with Gasteiger partial charge in [-0.1, -0.05) is 13.3 Å².